The van der Waals surface area contributed by atoms with E-state index in [1.165, 1.54) is 0 Å². The van der Waals surface area contributed by atoms with Gasteiger partial charge in [-0.05, 0) is 0 Å². The number of nitrogens with two attached hydrogens (primary N) is 1. The number of halogens is 2. The van der Waals surface area contributed by atoms with E-state index >= 15 is 0 Å². The van der Waals surface area contributed by atoms with Gasteiger partial charge in [-0.3, -0.25) is 14.9 Å². The zero-order valence-corrected chi connectivity index (χ0v) is 8.52. The lowest BCUT2D eigenvalue weighted by Gasteiger charge is -2.10. The van der Waals surface area contributed by atoms with Gasteiger partial charge in [-0.1, -0.05) is 0 Å². The summed E-state index contributed by atoms with van der Waals surface area (Å²) in [6.07, 6.45) is -2.64. The van der Waals surface area contributed by atoms with Crippen LogP contribution in [0.5, 0.6) is 5.75 Å². The number of carbonyl (C=O) groups is 1. The second-order valence-corrected chi connectivity index (χ2v) is 2.86. The van der Waals surface area contributed by atoms with Crippen molar-refractivity contribution in [2.45, 2.75) is 6.43 Å². The number of primary amides is 1. The Balaban J connectivity index is 3.61. The highest BCUT2D eigenvalue weighted by molar-refractivity contribution is 5.94. The Kier molecular flexibility index (Phi) is 3.51. The SMILES string of the molecule is COc1c(C(N)=O)ncc([N+](=O)[O-])c1C(F)F. The average Bonchev–Trinajstić information content (AvgIpc) is 2.26. The first-order valence-electron chi connectivity index (χ1n) is 4.19. The lowest BCUT2D eigenvalue weighted by molar-refractivity contribution is -0.386. The van der Waals surface area contributed by atoms with Crippen LogP contribution in [0.3, 0.4) is 0 Å². The summed E-state index contributed by atoms with van der Waals surface area (Å²) < 4.78 is 30.0. The van der Waals surface area contributed by atoms with Gasteiger partial charge >= 0.3 is 0 Å². The van der Waals surface area contributed by atoms with Crippen molar-refractivity contribution >= 4 is 11.6 Å². The number of carbonyl (C=O) groups excluding carboxylic acids is 1. The molecule has 0 aromatic carbocycles. The summed E-state index contributed by atoms with van der Waals surface area (Å²) in [4.78, 5) is 23.7. The van der Waals surface area contributed by atoms with Gasteiger partial charge < -0.3 is 10.5 Å². The summed E-state index contributed by atoms with van der Waals surface area (Å²) >= 11 is 0. The van der Waals surface area contributed by atoms with Crippen LogP contribution in [-0.4, -0.2) is 22.9 Å². The second-order valence-electron chi connectivity index (χ2n) is 2.86. The normalized spacial score (nSPS) is 10.4. The molecule has 0 bridgehead atoms. The molecule has 17 heavy (non-hydrogen) atoms. The molecule has 7 nitrogen and oxygen atoms in total. The van der Waals surface area contributed by atoms with Gasteiger partial charge in [0.05, 0.1) is 12.0 Å². The van der Waals surface area contributed by atoms with E-state index in [0.717, 1.165) is 7.11 Å². The monoisotopic (exact) mass is 247 g/mol. The van der Waals surface area contributed by atoms with Crippen LogP contribution in [0.1, 0.15) is 22.5 Å². The summed E-state index contributed by atoms with van der Waals surface area (Å²) in [6, 6.07) is 0. The van der Waals surface area contributed by atoms with Gasteiger partial charge in [0, 0.05) is 0 Å². The Morgan fingerprint density at radius 3 is 2.59 bits per heavy atom. The van der Waals surface area contributed by atoms with Crippen LogP contribution < -0.4 is 10.5 Å². The van der Waals surface area contributed by atoms with Crippen molar-refractivity contribution < 1.29 is 23.2 Å². The van der Waals surface area contributed by atoms with Crippen molar-refractivity contribution in [3.63, 3.8) is 0 Å². The Bertz CT molecular complexity index is 478. The molecule has 1 aromatic rings. The zero-order chi connectivity index (χ0) is 13.2. The molecule has 0 saturated carbocycles. The average molecular weight is 247 g/mol. The molecule has 0 unspecified atom stereocenters. The third-order valence-corrected chi connectivity index (χ3v) is 1.90. The minimum Gasteiger partial charge on any atom is -0.493 e. The van der Waals surface area contributed by atoms with Gasteiger partial charge in [0.15, 0.2) is 11.4 Å². The van der Waals surface area contributed by atoms with Crippen LogP contribution in [0.2, 0.25) is 0 Å². The van der Waals surface area contributed by atoms with Gasteiger partial charge in [0.25, 0.3) is 18.0 Å². The highest BCUT2D eigenvalue weighted by Gasteiger charge is 2.31. The maximum absolute atomic E-state index is 12.7. The number of hydrogen-bond donors (Lipinski definition) is 1. The third-order valence-electron chi connectivity index (χ3n) is 1.90. The summed E-state index contributed by atoms with van der Waals surface area (Å²) in [5, 5.41) is 10.5. The van der Waals surface area contributed by atoms with Crippen LogP contribution >= 0.6 is 0 Å². The number of alkyl halides is 2. The number of aromatic nitrogens is 1. The fraction of sp³-hybridized carbons (Fsp3) is 0.250. The van der Waals surface area contributed by atoms with Crippen LogP contribution in [-0.2, 0) is 0 Å². The van der Waals surface area contributed by atoms with Crippen LogP contribution in [0.4, 0.5) is 14.5 Å². The lowest BCUT2D eigenvalue weighted by atomic mass is 10.1. The van der Waals surface area contributed by atoms with Gasteiger partial charge in [-0.25, -0.2) is 13.8 Å². The highest BCUT2D eigenvalue weighted by Crippen LogP contribution is 2.37. The van der Waals surface area contributed by atoms with Crippen molar-refractivity contribution in [2.75, 3.05) is 7.11 Å². The van der Waals surface area contributed by atoms with Crippen molar-refractivity contribution in [2.24, 2.45) is 5.73 Å². The van der Waals surface area contributed by atoms with Gasteiger partial charge in [0.2, 0.25) is 0 Å². The Morgan fingerprint density at radius 1 is 1.65 bits per heavy atom. The number of pyridine rings is 1. The maximum atomic E-state index is 12.7. The predicted molar refractivity (Wildman–Crippen MR) is 50.9 cm³/mol. The molecule has 2 N–H and O–H groups in total. The maximum Gasteiger partial charge on any atom is 0.300 e. The molecule has 0 atom stereocenters. The zero-order valence-electron chi connectivity index (χ0n) is 8.52. The number of ether oxygens (including phenoxy) is 1. The Hall–Kier alpha value is -2.32. The molecule has 0 aliphatic heterocycles. The van der Waals surface area contributed by atoms with Crippen LogP contribution in [0.25, 0.3) is 0 Å². The minimum atomic E-state index is -3.19. The van der Waals surface area contributed by atoms with E-state index in [9.17, 15) is 23.7 Å². The molecule has 0 aliphatic rings. The molecule has 0 radical (unpaired) electrons. The fourth-order valence-electron chi connectivity index (χ4n) is 1.24. The van der Waals surface area contributed by atoms with Crippen molar-refractivity contribution in [1.82, 2.24) is 4.98 Å². The molecule has 9 heteroatoms. The van der Waals surface area contributed by atoms with E-state index in [1.807, 2.05) is 0 Å². The third kappa shape index (κ3) is 2.27. The minimum absolute atomic E-state index is 0.546. The fourth-order valence-corrected chi connectivity index (χ4v) is 1.24. The topological polar surface area (TPSA) is 108 Å². The molecule has 1 aromatic heterocycles. The summed E-state index contributed by atoms with van der Waals surface area (Å²) in [7, 11) is 0.985. The quantitative estimate of drug-likeness (QED) is 0.631. The molecule has 92 valence electrons. The molecule has 1 amide bonds. The van der Waals surface area contributed by atoms with E-state index in [1.54, 1.807) is 0 Å². The van der Waals surface area contributed by atoms with Gasteiger partial charge in [-0.15, -0.1) is 0 Å². The number of nitrogens with zero attached hydrogens (tertiary/aromatic N) is 2. The Morgan fingerprint density at radius 2 is 2.24 bits per heavy atom. The number of amides is 1. The smallest absolute Gasteiger partial charge is 0.300 e. The molecular formula is C8H7F2N3O4. The largest absolute Gasteiger partial charge is 0.493 e. The van der Waals surface area contributed by atoms with Crippen molar-refractivity contribution in [1.29, 1.82) is 0 Å². The van der Waals surface area contributed by atoms with Crippen LogP contribution in [0.15, 0.2) is 6.20 Å². The standard InChI is InChI=1S/C8H7F2N3O4/c1-17-6-4(7(9)10)3(13(15)16)2-12-5(6)8(11)14/h2,7H,1H3,(H2,11,14). The molecule has 0 fully saturated rings. The first kappa shape index (κ1) is 12.7. The molecule has 0 spiro atoms. The highest BCUT2D eigenvalue weighted by atomic mass is 19.3. The van der Waals surface area contributed by atoms with E-state index in [4.69, 9.17) is 5.73 Å². The number of rotatable bonds is 4. The first-order valence-corrected chi connectivity index (χ1v) is 4.19. The van der Waals surface area contributed by atoms with E-state index < -0.39 is 40.0 Å². The lowest BCUT2D eigenvalue weighted by Crippen LogP contribution is -2.16. The van der Waals surface area contributed by atoms with Crippen molar-refractivity contribution in [3.8, 4) is 5.75 Å². The number of hydrogen-bond acceptors (Lipinski definition) is 5. The predicted octanol–water partition coefficient (Wildman–Crippen LogP) is 1.03. The summed E-state index contributed by atoms with van der Waals surface area (Å²) in [6.45, 7) is 0. The molecule has 0 aliphatic carbocycles. The molecule has 0 saturated heterocycles. The van der Waals surface area contributed by atoms with Gasteiger partial charge in [-0.2, -0.15) is 0 Å². The molecule has 1 rings (SSSR count). The van der Waals surface area contributed by atoms with Gasteiger partial charge in [0.1, 0.15) is 11.8 Å². The van der Waals surface area contributed by atoms with Crippen molar-refractivity contribution in [3.05, 3.63) is 27.6 Å². The summed E-state index contributed by atoms with van der Waals surface area (Å²) in [5.74, 6) is -1.79. The Labute approximate surface area is 93.3 Å². The summed E-state index contributed by atoms with van der Waals surface area (Å²) in [5.41, 5.74) is 2.37. The van der Waals surface area contributed by atoms with E-state index in [2.05, 4.69) is 9.72 Å². The number of nitro groups is 1. The first-order chi connectivity index (χ1) is 7.90. The van der Waals surface area contributed by atoms with Crippen LogP contribution in [0, 0.1) is 10.1 Å². The second kappa shape index (κ2) is 4.68. The number of methoxy groups -OCH3 is 1. The van der Waals surface area contributed by atoms with E-state index in [-0.39, 0.29) is 0 Å². The molecular weight excluding hydrogens is 240 g/mol. The molecule has 1 heterocycles. The van der Waals surface area contributed by atoms with E-state index in [0.29, 0.717) is 6.20 Å².